The third-order valence-corrected chi connectivity index (χ3v) is 3.89. The van der Waals surface area contributed by atoms with Crippen LogP contribution in [0.1, 0.15) is 11.5 Å². The molecule has 2 aromatic carbocycles. The first-order valence-corrected chi connectivity index (χ1v) is 8.05. The molecule has 0 aliphatic rings. The van der Waals surface area contributed by atoms with E-state index < -0.39 is 0 Å². The van der Waals surface area contributed by atoms with E-state index in [1.54, 1.807) is 38.5 Å². The Morgan fingerprint density at radius 2 is 1.80 bits per heavy atom. The molecule has 1 aromatic heterocycles. The molecule has 0 aliphatic heterocycles. The summed E-state index contributed by atoms with van der Waals surface area (Å²) in [6.45, 7) is 0. The zero-order valence-corrected chi connectivity index (χ0v) is 15.0. The molecule has 0 spiro atoms. The van der Waals surface area contributed by atoms with Gasteiger partial charge in [0, 0.05) is 16.7 Å². The molecular formula is C18H14Cl2N2O3. The average Bonchev–Trinajstić information content (AvgIpc) is 3.11. The van der Waals surface area contributed by atoms with Crippen LogP contribution in [-0.4, -0.2) is 24.4 Å². The minimum Gasteiger partial charge on any atom is -0.497 e. The monoisotopic (exact) mass is 376 g/mol. The van der Waals surface area contributed by atoms with Crippen molar-refractivity contribution in [2.45, 2.75) is 0 Å². The van der Waals surface area contributed by atoms with Crippen molar-refractivity contribution in [3.05, 3.63) is 58.9 Å². The van der Waals surface area contributed by atoms with Gasteiger partial charge in [0.05, 0.1) is 14.2 Å². The second-order valence-corrected chi connectivity index (χ2v) is 5.92. The molecule has 25 heavy (non-hydrogen) atoms. The molecule has 0 unspecified atom stereocenters. The molecule has 0 radical (unpaired) electrons. The van der Waals surface area contributed by atoms with Crippen LogP contribution in [0, 0.1) is 0 Å². The van der Waals surface area contributed by atoms with Crippen LogP contribution < -0.4 is 9.47 Å². The van der Waals surface area contributed by atoms with E-state index in [1.165, 1.54) is 0 Å². The first-order valence-electron chi connectivity index (χ1n) is 7.29. The Hall–Kier alpha value is -2.50. The van der Waals surface area contributed by atoms with Gasteiger partial charge < -0.3 is 14.0 Å². The van der Waals surface area contributed by atoms with Gasteiger partial charge in [-0.2, -0.15) is 4.98 Å². The first-order chi connectivity index (χ1) is 12.1. The van der Waals surface area contributed by atoms with Gasteiger partial charge in [0.15, 0.2) is 0 Å². The highest BCUT2D eigenvalue weighted by Gasteiger charge is 2.12. The van der Waals surface area contributed by atoms with E-state index in [-0.39, 0.29) is 5.89 Å². The minimum atomic E-state index is 0.207. The van der Waals surface area contributed by atoms with Crippen LogP contribution in [-0.2, 0) is 0 Å². The molecule has 0 saturated carbocycles. The minimum absolute atomic E-state index is 0.207. The summed E-state index contributed by atoms with van der Waals surface area (Å²) < 4.78 is 15.7. The molecular weight excluding hydrogens is 363 g/mol. The number of benzene rings is 2. The van der Waals surface area contributed by atoms with Gasteiger partial charge in [-0.05, 0) is 35.9 Å². The first kappa shape index (κ1) is 17.3. The third-order valence-electron chi connectivity index (χ3n) is 3.38. The summed E-state index contributed by atoms with van der Waals surface area (Å²) in [6, 6.07) is 12.6. The second-order valence-electron chi connectivity index (χ2n) is 5.07. The van der Waals surface area contributed by atoms with E-state index in [0.29, 0.717) is 27.4 Å². The SMILES string of the molecule is COc1cc(/C=C(\Cl)c2nc(-c3cccc(Cl)c3)no2)cc(OC)c1. The molecule has 0 N–H and O–H groups in total. The van der Waals surface area contributed by atoms with Crippen molar-refractivity contribution in [3.8, 4) is 22.9 Å². The Morgan fingerprint density at radius 3 is 2.44 bits per heavy atom. The topological polar surface area (TPSA) is 57.4 Å². The van der Waals surface area contributed by atoms with Crippen molar-refractivity contribution >= 4 is 34.3 Å². The lowest BCUT2D eigenvalue weighted by Gasteiger charge is -2.05. The summed E-state index contributed by atoms with van der Waals surface area (Å²) in [4.78, 5) is 4.30. The molecule has 0 fully saturated rings. The van der Waals surface area contributed by atoms with Crippen LogP contribution in [0.5, 0.6) is 11.5 Å². The predicted molar refractivity (Wildman–Crippen MR) is 98.0 cm³/mol. The number of halogens is 2. The molecule has 0 aliphatic carbocycles. The standard InChI is InChI=1S/C18H14Cl2N2O3/c1-23-14-6-11(7-15(10-14)24-2)8-16(20)18-21-17(22-25-18)12-4-3-5-13(19)9-12/h3-10H,1-2H3/b16-8-. The second kappa shape index (κ2) is 7.59. The van der Waals surface area contributed by atoms with Crippen LogP contribution in [0.15, 0.2) is 47.0 Å². The van der Waals surface area contributed by atoms with Crippen LogP contribution in [0.3, 0.4) is 0 Å². The average molecular weight is 377 g/mol. The van der Waals surface area contributed by atoms with Crippen molar-refractivity contribution < 1.29 is 14.0 Å². The van der Waals surface area contributed by atoms with Gasteiger partial charge in [0.25, 0.3) is 5.89 Å². The molecule has 0 atom stereocenters. The van der Waals surface area contributed by atoms with Crippen molar-refractivity contribution in [2.24, 2.45) is 0 Å². The Balaban J connectivity index is 1.91. The summed E-state index contributed by atoms with van der Waals surface area (Å²) >= 11 is 12.3. The quantitative estimate of drug-likeness (QED) is 0.616. The zero-order valence-electron chi connectivity index (χ0n) is 13.5. The van der Waals surface area contributed by atoms with Gasteiger partial charge in [0.2, 0.25) is 5.82 Å². The molecule has 5 nitrogen and oxygen atoms in total. The number of hydrogen-bond donors (Lipinski definition) is 0. The van der Waals surface area contributed by atoms with Gasteiger partial charge >= 0.3 is 0 Å². The Labute approximate surface area is 154 Å². The lowest BCUT2D eigenvalue weighted by Crippen LogP contribution is -1.88. The summed E-state index contributed by atoms with van der Waals surface area (Å²) in [5.74, 6) is 1.92. The normalized spacial score (nSPS) is 11.4. The summed E-state index contributed by atoms with van der Waals surface area (Å²) in [6.07, 6.45) is 1.70. The number of hydrogen-bond acceptors (Lipinski definition) is 5. The molecule has 0 bridgehead atoms. The van der Waals surface area contributed by atoms with Gasteiger partial charge in [-0.1, -0.05) is 40.5 Å². The van der Waals surface area contributed by atoms with E-state index in [0.717, 1.165) is 11.1 Å². The fourth-order valence-electron chi connectivity index (χ4n) is 2.19. The van der Waals surface area contributed by atoms with E-state index in [9.17, 15) is 0 Å². The largest absolute Gasteiger partial charge is 0.497 e. The van der Waals surface area contributed by atoms with Gasteiger partial charge in [-0.25, -0.2) is 0 Å². The van der Waals surface area contributed by atoms with Crippen molar-refractivity contribution in [3.63, 3.8) is 0 Å². The van der Waals surface area contributed by atoms with Gasteiger partial charge in [-0.15, -0.1) is 0 Å². The molecule has 128 valence electrons. The highest BCUT2D eigenvalue weighted by atomic mass is 35.5. The van der Waals surface area contributed by atoms with Crippen LogP contribution in [0.2, 0.25) is 5.02 Å². The Morgan fingerprint density at radius 1 is 1.08 bits per heavy atom. The molecule has 7 heteroatoms. The fourth-order valence-corrected chi connectivity index (χ4v) is 2.58. The van der Waals surface area contributed by atoms with Gasteiger partial charge in [0.1, 0.15) is 16.5 Å². The molecule has 0 amide bonds. The fraction of sp³-hybridized carbons (Fsp3) is 0.111. The Kier molecular flexibility index (Phi) is 5.26. The lowest BCUT2D eigenvalue weighted by molar-refractivity contribution is 0.394. The summed E-state index contributed by atoms with van der Waals surface area (Å²) in [5.41, 5.74) is 1.53. The van der Waals surface area contributed by atoms with Crippen molar-refractivity contribution in [1.29, 1.82) is 0 Å². The van der Waals surface area contributed by atoms with Gasteiger partial charge in [-0.3, -0.25) is 0 Å². The van der Waals surface area contributed by atoms with E-state index in [1.807, 2.05) is 24.3 Å². The molecule has 0 saturated heterocycles. The molecule has 3 rings (SSSR count). The maximum Gasteiger partial charge on any atom is 0.269 e. The smallest absolute Gasteiger partial charge is 0.269 e. The number of rotatable bonds is 5. The molecule has 3 aromatic rings. The van der Waals surface area contributed by atoms with E-state index in [4.69, 9.17) is 37.2 Å². The zero-order chi connectivity index (χ0) is 17.8. The summed E-state index contributed by atoms with van der Waals surface area (Å²) in [7, 11) is 3.16. The van der Waals surface area contributed by atoms with Crippen LogP contribution >= 0.6 is 23.2 Å². The number of aromatic nitrogens is 2. The lowest BCUT2D eigenvalue weighted by atomic mass is 10.2. The van der Waals surface area contributed by atoms with Crippen molar-refractivity contribution in [1.82, 2.24) is 10.1 Å². The van der Waals surface area contributed by atoms with Crippen LogP contribution in [0.4, 0.5) is 0 Å². The number of ether oxygens (including phenoxy) is 2. The number of nitrogens with zero attached hydrogens (tertiary/aromatic N) is 2. The van der Waals surface area contributed by atoms with Crippen LogP contribution in [0.25, 0.3) is 22.5 Å². The third kappa shape index (κ3) is 4.13. The molecule has 1 heterocycles. The number of methoxy groups -OCH3 is 2. The predicted octanol–water partition coefficient (Wildman–Crippen LogP) is 5.14. The highest BCUT2D eigenvalue weighted by Crippen LogP contribution is 2.28. The maximum absolute atomic E-state index is 6.32. The highest BCUT2D eigenvalue weighted by molar-refractivity contribution is 6.50. The Bertz CT molecular complexity index is 900. The van der Waals surface area contributed by atoms with Crippen molar-refractivity contribution in [2.75, 3.05) is 14.2 Å². The van der Waals surface area contributed by atoms with E-state index in [2.05, 4.69) is 10.1 Å². The van der Waals surface area contributed by atoms with E-state index >= 15 is 0 Å². The maximum atomic E-state index is 6.32. The summed E-state index contributed by atoms with van der Waals surface area (Å²) in [5, 5.41) is 4.83.